The summed E-state index contributed by atoms with van der Waals surface area (Å²) in [5.41, 5.74) is 3.44. The number of unbranched alkanes of at least 4 members (excludes halogenated alkanes) is 1. The topological polar surface area (TPSA) is 80.2 Å². The fraction of sp³-hybridized carbons (Fsp3) is 0.414. The number of rotatable bonds is 13. The number of benzene rings is 2. The Bertz CT molecular complexity index is 1060. The number of nitrogens with one attached hydrogen (secondary N) is 1. The second-order valence-corrected chi connectivity index (χ2v) is 9.04. The van der Waals surface area contributed by atoms with Gasteiger partial charge in [-0.1, -0.05) is 55.3 Å². The van der Waals surface area contributed by atoms with Crippen LogP contribution in [0, 0.1) is 0 Å². The minimum absolute atomic E-state index is 0.102. The Labute approximate surface area is 214 Å². The van der Waals surface area contributed by atoms with Crippen LogP contribution in [-0.4, -0.2) is 43.9 Å². The highest BCUT2D eigenvalue weighted by molar-refractivity contribution is 6.18. The molecule has 1 heterocycles. The molecule has 0 aromatic heterocycles. The lowest BCUT2D eigenvalue weighted by molar-refractivity contribution is -0.119. The van der Waals surface area contributed by atoms with Gasteiger partial charge in [0.2, 0.25) is 0 Å². The van der Waals surface area contributed by atoms with Gasteiger partial charge in [0.1, 0.15) is 6.61 Å². The summed E-state index contributed by atoms with van der Waals surface area (Å²) in [6.07, 6.45) is 6.30. The average molecular weight is 492 g/mol. The Morgan fingerprint density at radius 3 is 2.53 bits per heavy atom. The summed E-state index contributed by atoms with van der Waals surface area (Å²) in [6.45, 7) is 7.65. The summed E-state index contributed by atoms with van der Waals surface area (Å²) in [6, 6.07) is 17.0. The van der Waals surface area contributed by atoms with E-state index in [1.54, 1.807) is 35.2 Å². The number of carbonyl (C=O) groups excluding carboxylic acids is 2. The van der Waals surface area contributed by atoms with E-state index in [4.69, 9.17) is 9.57 Å². The fourth-order valence-corrected chi connectivity index (χ4v) is 4.19. The Kier molecular flexibility index (Phi) is 10.2. The normalized spacial score (nSPS) is 17.6. The molecule has 1 amide bonds. The van der Waals surface area contributed by atoms with E-state index >= 15 is 0 Å². The molecule has 2 atom stereocenters. The van der Waals surface area contributed by atoms with Crippen LogP contribution in [0.25, 0.3) is 0 Å². The fourth-order valence-electron chi connectivity index (χ4n) is 4.19. The number of β-lactam (4-membered cyclic amide) rings is 1. The number of hydrogen-bond acceptors (Lipinski definition) is 6. The molecule has 7 heteroatoms. The number of esters is 1. The van der Waals surface area contributed by atoms with Gasteiger partial charge in [0, 0.05) is 17.3 Å². The molecule has 3 rings (SSSR count). The molecule has 1 aliphatic heterocycles. The van der Waals surface area contributed by atoms with Crippen molar-refractivity contribution in [3.8, 4) is 0 Å². The van der Waals surface area contributed by atoms with Crippen molar-refractivity contribution in [1.29, 1.82) is 0 Å². The van der Waals surface area contributed by atoms with Crippen LogP contribution >= 0.6 is 0 Å². The zero-order valence-electron chi connectivity index (χ0n) is 21.7. The van der Waals surface area contributed by atoms with Crippen molar-refractivity contribution in [3.63, 3.8) is 0 Å². The van der Waals surface area contributed by atoms with E-state index in [0.717, 1.165) is 18.5 Å². The van der Waals surface area contributed by atoms with Crippen molar-refractivity contribution < 1.29 is 19.2 Å². The zero-order chi connectivity index (χ0) is 25.9. The molecule has 1 aliphatic rings. The van der Waals surface area contributed by atoms with E-state index in [2.05, 4.69) is 24.3 Å². The Morgan fingerprint density at radius 1 is 1.14 bits per heavy atom. The quantitative estimate of drug-likeness (QED) is 0.101. The number of nitrogens with zero attached hydrogens (tertiary/aromatic N) is 2. The number of methoxy groups -OCH3 is 1. The number of oxime groups is 1. The van der Waals surface area contributed by atoms with Gasteiger partial charge in [0.05, 0.1) is 24.4 Å². The molecule has 2 aromatic carbocycles. The Balaban J connectivity index is 1.65. The predicted molar refractivity (Wildman–Crippen MR) is 143 cm³/mol. The smallest absolute Gasteiger partial charge is 0.337 e. The van der Waals surface area contributed by atoms with E-state index in [0.29, 0.717) is 35.2 Å². The molecule has 1 N–H and O–H groups in total. The molecule has 0 bridgehead atoms. The maximum absolute atomic E-state index is 13.2. The van der Waals surface area contributed by atoms with E-state index < -0.39 is 5.97 Å². The van der Waals surface area contributed by atoms with Crippen LogP contribution in [-0.2, 0) is 14.4 Å². The highest BCUT2D eigenvalue weighted by atomic mass is 16.6. The molecule has 7 nitrogen and oxygen atoms in total. The summed E-state index contributed by atoms with van der Waals surface area (Å²) >= 11 is 0. The molecule has 0 aliphatic carbocycles. The molecular formula is C29H37N3O4. The third kappa shape index (κ3) is 7.04. The van der Waals surface area contributed by atoms with Gasteiger partial charge < -0.3 is 14.9 Å². The van der Waals surface area contributed by atoms with E-state index in [-0.39, 0.29) is 11.9 Å². The molecule has 36 heavy (non-hydrogen) atoms. The van der Waals surface area contributed by atoms with Gasteiger partial charge in [-0.15, -0.1) is 0 Å². The van der Waals surface area contributed by atoms with Crippen LogP contribution in [0.3, 0.4) is 0 Å². The van der Waals surface area contributed by atoms with Gasteiger partial charge in [-0.3, -0.25) is 9.69 Å². The molecule has 1 fully saturated rings. The number of amides is 1. The molecule has 2 aromatic rings. The summed E-state index contributed by atoms with van der Waals surface area (Å²) in [4.78, 5) is 32.2. The number of carbonyl (C=O) groups is 2. The van der Waals surface area contributed by atoms with Gasteiger partial charge in [-0.2, -0.15) is 0 Å². The average Bonchev–Trinajstić information content (AvgIpc) is 2.91. The highest BCUT2D eigenvalue weighted by Gasteiger charge is 2.43. The van der Waals surface area contributed by atoms with Crippen LogP contribution in [0.4, 0.5) is 5.69 Å². The third-order valence-electron chi connectivity index (χ3n) is 6.17. The lowest BCUT2D eigenvalue weighted by Crippen LogP contribution is -2.49. The number of allylic oxidation sites excluding steroid dienone is 1. The first kappa shape index (κ1) is 27.1. The lowest BCUT2D eigenvalue weighted by atomic mass is 9.86. The maximum atomic E-state index is 13.2. The monoisotopic (exact) mass is 491 g/mol. The SMILES string of the molecule is CCCCC(C)NCCCO/N=C(C)/C=C1/C(=O)N(c2ccc(C(=O)OC)cc2)C1c1ccccc1. The van der Waals surface area contributed by atoms with Crippen LogP contribution in [0.2, 0.25) is 0 Å². The summed E-state index contributed by atoms with van der Waals surface area (Å²) in [5, 5.41) is 7.71. The summed E-state index contributed by atoms with van der Waals surface area (Å²) in [5.74, 6) is -0.514. The Morgan fingerprint density at radius 2 is 1.86 bits per heavy atom. The van der Waals surface area contributed by atoms with Crippen molar-refractivity contribution >= 4 is 23.3 Å². The molecule has 2 unspecified atom stereocenters. The van der Waals surface area contributed by atoms with Gasteiger partial charge in [-0.05, 0) is 69.1 Å². The van der Waals surface area contributed by atoms with Crippen molar-refractivity contribution in [1.82, 2.24) is 5.32 Å². The van der Waals surface area contributed by atoms with Crippen LogP contribution in [0.5, 0.6) is 0 Å². The summed E-state index contributed by atoms with van der Waals surface area (Å²) < 4.78 is 4.77. The number of ether oxygens (including phenoxy) is 1. The predicted octanol–water partition coefficient (Wildman–Crippen LogP) is 5.44. The van der Waals surface area contributed by atoms with Gasteiger partial charge in [0.25, 0.3) is 5.91 Å². The molecule has 0 radical (unpaired) electrons. The largest absolute Gasteiger partial charge is 0.465 e. The zero-order valence-corrected chi connectivity index (χ0v) is 21.7. The van der Waals surface area contributed by atoms with Gasteiger partial charge >= 0.3 is 5.97 Å². The standard InChI is InChI=1S/C29H37N3O4/c1-5-6-11-21(2)30-18-10-19-36-31-22(3)20-26-27(23-12-8-7-9-13-23)32(28(26)33)25-16-14-24(15-17-25)29(34)35-4/h7-9,12-17,20-21,27,30H,5-6,10-11,18-19H2,1-4H3/b26-20+,31-22+. The second kappa shape index (κ2) is 13.6. The van der Waals surface area contributed by atoms with Crippen LogP contribution < -0.4 is 10.2 Å². The third-order valence-corrected chi connectivity index (χ3v) is 6.17. The minimum atomic E-state index is -0.412. The summed E-state index contributed by atoms with van der Waals surface area (Å²) in [7, 11) is 1.34. The van der Waals surface area contributed by atoms with Crippen LogP contribution in [0.1, 0.15) is 68.4 Å². The van der Waals surface area contributed by atoms with Crippen molar-refractivity contribution in [3.05, 3.63) is 77.4 Å². The highest BCUT2D eigenvalue weighted by Crippen LogP contribution is 2.43. The molecule has 0 spiro atoms. The van der Waals surface area contributed by atoms with Crippen molar-refractivity contribution in [2.24, 2.45) is 5.16 Å². The lowest BCUT2D eigenvalue weighted by Gasteiger charge is -2.43. The van der Waals surface area contributed by atoms with Gasteiger partial charge in [0.15, 0.2) is 0 Å². The van der Waals surface area contributed by atoms with Crippen molar-refractivity contribution in [2.45, 2.75) is 58.5 Å². The second-order valence-electron chi connectivity index (χ2n) is 9.04. The molecule has 192 valence electrons. The van der Waals surface area contributed by atoms with E-state index in [1.807, 2.05) is 37.3 Å². The number of anilines is 1. The first-order valence-corrected chi connectivity index (χ1v) is 12.6. The number of hydrogen-bond donors (Lipinski definition) is 1. The first-order valence-electron chi connectivity index (χ1n) is 12.6. The van der Waals surface area contributed by atoms with Gasteiger partial charge in [-0.25, -0.2) is 4.79 Å². The van der Waals surface area contributed by atoms with E-state index in [1.165, 1.54) is 26.4 Å². The molecular weight excluding hydrogens is 454 g/mol. The van der Waals surface area contributed by atoms with Crippen molar-refractivity contribution in [2.75, 3.05) is 25.2 Å². The Hall–Kier alpha value is -3.45. The molecule has 0 saturated carbocycles. The van der Waals surface area contributed by atoms with E-state index in [9.17, 15) is 9.59 Å². The minimum Gasteiger partial charge on any atom is -0.465 e. The molecule has 1 saturated heterocycles. The first-order chi connectivity index (χ1) is 17.5. The maximum Gasteiger partial charge on any atom is 0.337 e. The van der Waals surface area contributed by atoms with Crippen LogP contribution in [0.15, 0.2) is 71.4 Å².